The lowest BCUT2D eigenvalue weighted by molar-refractivity contribution is 0.0636. The number of nitriles is 1. The fourth-order valence-corrected chi connectivity index (χ4v) is 2.72. The maximum Gasteiger partial charge on any atom is 0.274 e. The van der Waals surface area contributed by atoms with E-state index < -0.39 is 0 Å². The van der Waals surface area contributed by atoms with Crippen molar-refractivity contribution in [2.24, 2.45) is 0 Å². The summed E-state index contributed by atoms with van der Waals surface area (Å²) in [5.74, 6) is 0.477. The number of amides is 1. The average molecular weight is 336 g/mol. The first kappa shape index (κ1) is 16.9. The Kier molecular flexibility index (Phi) is 5.21. The molecule has 0 radical (unpaired) electrons. The second-order valence-corrected chi connectivity index (χ2v) is 5.84. The van der Waals surface area contributed by atoms with Gasteiger partial charge in [0.25, 0.3) is 5.91 Å². The predicted octanol–water partition coefficient (Wildman–Crippen LogP) is 1.87. The number of piperazine rings is 1. The highest BCUT2D eigenvalue weighted by molar-refractivity contribution is 5.92. The van der Waals surface area contributed by atoms with E-state index >= 15 is 0 Å². The van der Waals surface area contributed by atoms with Crippen LogP contribution in [0.25, 0.3) is 0 Å². The molecule has 7 nitrogen and oxygen atoms in total. The van der Waals surface area contributed by atoms with Gasteiger partial charge in [-0.05, 0) is 42.9 Å². The third kappa shape index (κ3) is 4.11. The maximum atomic E-state index is 12.5. The zero-order valence-electron chi connectivity index (χ0n) is 14.1. The molecule has 1 saturated heterocycles. The third-order valence-corrected chi connectivity index (χ3v) is 4.28. The van der Waals surface area contributed by atoms with Crippen LogP contribution >= 0.6 is 0 Å². The molecule has 0 atom stereocenters. The molecule has 0 saturated carbocycles. The number of carbonyl (C=O) groups is 1. The van der Waals surface area contributed by atoms with Crippen LogP contribution in [0.5, 0.6) is 0 Å². The van der Waals surface area contributed by atoms with Gasteiger partial charge in [0, 0.05) is 31.9 Å². The van der Waals surface area contributed by atoms with Gasteiger partial charge in [-0.15, -0.1) is 10.2 Å². The van der Waals surface area contributed by atoms with Crippen molar-refractivity contribution in [3.63, 3.8) is 0 Å². The normalized spacial score (nSPS) is 14.8. The molecule has 1 N–H and O–H groups in total. The Morgan fingerprint density at radius 2 is 1.84 bits per heavy atom. The van der Waals surface area contributed by atoms with Crippen molar-refractivity contribution in [3.8, 4) is 6.07 Å². The number of carbonyl (C=O) groups excluding carboxylic acids is 1. The molecule has 1 aromatic carbocycles. The Bertz CT molecular complexity index is 758. The third-order valence-electron chi connectivity index (χ3n) is 4.28. The lowest BCUT2D eigenvalue weighted by atomic mass is 10.2. The molecule has 1 aliphatic heterocycles. The Hall–Kier alpha value is -2.98. The summed E-state index contributed by atoms with van der Waals surface area (Å²) in [6.45, 7) is 6.38. The van der Waals surface area contributed by atoms with Crippen LogP contribution in [0.4, 0.5) is 11.5 Å². The number of aromatic nitrogens is 2. The number of hydrogen-bond donors (Lipinski definition) is 1. The highest BCUT2D eigenvalue weighted by Gasteiger charge is 2.22. The van der Waals surface area contributed by atoms with Gasteiger partial charge in [0.15, 0.2) is 11.5 Å². The topological polar surface area (TPSA) is 85.1 Å². The second-order valence-electron chi connectivity index (χ2n) is 5.84. The van der Waals surface area contributed by atoms with Gasteiger partial charge in [0.1, 0.15) is 0 Å². The first-order valence-electron chi connectivity index (χ1n) is 8.32. The van der Waals surface area contributed by atoms with Crippen LogP contribution in [0, 0.1) is 11.3 Å². The summed E-state index contributed by atoms with van der Waals surface area (Å²) in [7, 11) is 0. The smallest absolute Gasteiger partial charge is 0.274 e. The monoisotopic (exact) mass is 336 g/mol. The summed E-state index contributed by atoms with van der Waals surface area (Å²) in [5.41, 5.74) is 1.76. The molecule has 0 aliphatic carbocycles. The Morgan fingerprint density at radius 1 is 1.12 bits per heavy atom. The van der Waals surface area contributed by atoms with Crippen LogP contribution in [0.15, 0.2) is 36.4 Å². The molecule has 1 fully saturated rings. The van der Waals surface area contributed by atoms with Crippen molar-refractivity contribution in [1.29, 1.82) is 5.26 Å². The summed E-state index contributed by atoms with van der Waals surface area (Å²) in [5, 5.41) is 20.0. The van der Waals surface area contributed by atoms with Crippen molar-refractivity contribution in [2.45, 2.75) is 6.92 Å². The first-order chi connectivity index (χ1) is 12.2. The zero-order valence-corrected chi connectivity index (χ0v) is 14.1. The van der Waals surface area contributed by atoms with E-state index in [0.29, 0.717) is 17.1 Å². The molecule has 7 heteroatoms. The number of rotatable bonds is 4. The van der Waals surface area contributed by atoms with Gasteiger partial charge >= 0.3 is 0 Å². The molecule has 25 heavy (non-hydrogen) atoms. The maximum absolute atomic E-state index is 12.5. The lowest BCUT2D eigenvalue weighted by Gasteiger charge is -2.33. The van der Waals surface area contributed by atoms with Gasteiger partial charge in [0.2, 0.25) is 0 Å². The average Bonchev–Trinajstić information content (AvgIpc) is 2.69. The minimum atomic E-state index is -0.0758. The number of hydrogen-bond acceptors (Lipinski definition) is 6. The Balaban J connectivity index is 1.61. The summed E-state index contributed by atoms with van der Waals surface area (Å²) < 4.78 is 0. The van der Waals surface area contributed by atoms with Crippen LogP contribution in [0.3, 0.4) is 0 Å². The van der Waals surface area contributed by atoms with Crippen LogP contribution in [0.1, 0.15) is 23.0 Å². The highest BCUT2D eigenvalue weighted by atomic mass is 16.2. The van der Waals surface area contributed by atoms with Gasteiger partial charge < -0.3 is 15.1 Å². The second kappa shape index (κ2) is 7.73. The first-order valence-corrected chi connectivity index (χ1v) is 8.32. The Labute approximate surface area is 146 Å². The van der Waals surface area contributed by atoms with E-state index in [4.69, 9.17) is 5.26 Å². The zero-order chi connectivity index (χ0) is 17.6. The van der Waals surface area contributed by atoms with Gasteiger partial charge in [-0.2, -0.15) is 5.26 Å². The highest BCUT2D eigenvalue weighted by Crippen LogP contribution is 2.15. The van der Waals surface area contributed by atoms with E-state index in [0.717, 1.165) is 38.4 Å². The predicted molar refractivity (Wildman–Crippen MR) is 94.5 cm³/mol. The van der Waals surface area contributed by atoms with Gasteiger partial charge in [0.05, 0.1) is 11.6 Å². The molecule has 1 aliphatic rings. The van der Waals surface area contributed by atoms with Gasteiger partial charge in [-0.3, -0.25) is 4.79 Å². The molecule has 0 unspecified atom stereocenters. The molecule has 3 rings (SSSR count). The van der Waals surface area contributed by atoms with Crippen molar-refractivity contribution in [2.75, 3.05) is 38.0 Å². The van der Waals surface area contributed by atoms with Crippen LogP contribution < -0.4 is 5.32 Å². The van der Waals surface area contributed by atoms with Crippen LogP contribution in [-0.2, 0) is 0 Å². The molecule has 0 bridgehead atoms. The van der Waals surface area contributed by atoms with E-state index in [1.807, 2.05) is 4.90 Å². The van der Waals surface area contributed by atoms with Crippen molar-refractivity contribution in [3.05, 3.63) is 47.7 Å². The van der Waals surface area contributed by atoms with Crippen LogP contribution in [0.2, 0.25) is 0 Å². The van der Waals surface area contributed by atoms with Gasteiger partial charge in [-0.25, -0.2) is 0 Å². The molecular weight excluding hydrogens is 316 g/mol. The molecule has 2 aromatic rings. The van der Waals surface area contributed by atoms with E-state index in [1.54, 1.807) is 36.4 Å². The minimum absolute atomic E-state index is 0.0758. The number of benzene rings is 1. The SMILES string of the molecule is CCN1CCN(C(=O)c2ccc(Nc3ccc(C#N)cc3)nn2)CC1. The van der Waals surface area contributed by atoms with Crippen molar-refractivity contribution in [1.82, 2.24) is 20.0 Å². The molecule has 0 spiro atoms. The van der Waals surface area contributed by atoms with E-state index in [9.17, 15) is 4.79 Å². The van der Waals surface area contributed by atoms with E-state index in [2.05, 4.69) is 33.4 Å². The summed E-state index contributed by atoms with van der Waals surface area (Å²) in [4.78, 5) is 16.6. The van der Waals surface area contributed by atoms with E-state index in [-0.39, 0.29) is 5.91 Å². The summed E-state index contributed by atoms with van der Waals surface area (Å²) >= 11 is 0. The number of nitrogens with one attached hydrogen (secondary N) is 1. The number of nitrogens with zero attached hydrogens (tertiary/aromatic N) is 5. The van der Waals surface area contributed by atoms with Gasteiger partial charge in [-0.1, -0.05) is 6.92 Å². The molecular formula is C18H20N6O. The minimum Gasteiger partial charge on any atom is -0.339 e. The fraction of sp³-hybridized carbons (Fsp3) is 0.333. The molecule has 1 aromatic heterocycles. The van der Waals surface area contributed by atoms with Crippen molar-refractivity contribution >= 4 is 17.4 Å². The summed E-state index contributed by atoms with van der Waals surface area (Å²) in [6.07, 6.45) is 0. The quantitative estimate of drug-likeness (QED) is 0.917. The molecule has 128 valence electrons. The standard InChI is InChI=1S/C18H20N6O/c1-2-23-9-11-24(12-10-23)18(25)16-7-8-17(22-21-16)20-15-5-3-14(13-19)4-6-15/h3-8H,2,9-12H2,1H3,(H,20,22). The van der Waals surface area contributed by atoms with Crippen molar-refractivity contribution < 1.29 is 4.79 Å². The fourth-order valence-electron chi connectivity index (χ4n) is 2.72. The number of anilines is 2. The largest absolute Gasteiger partial charge is 0.339 e. The Morgan fingerprint density at radius 3 is 2.40 bits per heavy atom. The number of likely N-dealkylation sites (N-methyl/N-ethyl adjacent to an activating group) is 1. The molecule has 1 amide bonds. The summed E-state index contributed by atoms with van der Waals surface area (Å²) in [6, 6.07) is 12.5. The van der Waals surface area contributed by atoms with E-state index in [1.165, 1.54) is 0 Å². The lowest BCUT2D eigenvalue weighted by Crippen LogP contribution is -2.48. The molecule has 2 heterocycles. The van der Waals surface area contributed by atoms with Crippen LogP contribution in [-0.4, -0.2) is 58.6 Å².